The van der Waals surface area contributed by atoms with E-state index in [2.05, 4.69) is 107 Å². The summed E-state index contributed by atoms with van der Waals surface area (Å²) in [5.41, 5.74) is 7.88. The van der Waals surface area contributed by atoms with E-state index in [1.54, 1.807) is 12.4 Å². The van der Waals surface area contributed by atoms with E-state index in [1.807, 2.05) is 83.6 Å². The lowest BCUT2D eigenvalue weighted by atomic mass is 9.78. The Morgan fingerprint density at radius 2 is 0.628 bits per heavy atom. The fourth-order valence-corrected chi connectivity index (χ4v) is 10.5. The topological polar surface area (TPSA) is 172 Å². The van der Waals surface area contributed by atoms with Crippen LogP contribution < -0.4 is 29.8 Å². The van der Waals surface area contributed by atoms with Crippen LogP contribution in [0.1, 0.15) is 152 Å². The third kappa shape index (κ3) is 25.8. The van der Waals surface area contributed by atoms with Crippen molar-refractivity contribution in [3.63, 3.8) is 0 Å². The number of ether oxygens (including phenoxy) is 12. The van der Waals surface area contributed by atoms with E-state index in [-0.39, 0.29) is 32.5 Å². The minimum Gasteiger partial charge on any atom is -0.483 e. The van der Waals surface area contributed by atoms with Crippen molar-refractivity contribution in [2.45, 2.75) is 171 Å². The van der Waals surface area contributed by atoms with E-state index in [9.17, 15) is 14.4 Å². The number of rotatable bonds is 40. The Kier molecular flexibility index (Phi) is 31.0. The molecule has 516 valence electrons. The maximum absolute atomic E-state index is 14.4. The first kappa shape index (κ1) is 76.3. The zero-order valence-corrected chi connectivity index (χ0v) is 58.9. The van der Waals surface area contributed by atoms with Crippen LogP contribution in [0.4, 0.5) is 4.79 Å². The molecule has 2 aromatic heterocycles. The van der Waals surface area contributed by atoms with Crippen molar-refractivity contribution in [2.24, 2.45) is 0 Å². The SMILES string of the molecule is Cc1c(OCc2ccccc2)c(=O)ccn1CCOCCOCCOCCOCCCc1cc(C(C)(C)C)c(OC(=O)Oc2c(C(C)(C)C)cc(CCCOCCOCCOCCOCCn3ccc(=O)c(OCc4ccccc4)c3C)cc2C(C)(C)C)c(C(C)(C)C)c1. The second kappa shape index (κ2) is 38.2. The number of carbonyl (C=O) groups excluding carboxylic acids is 1. The summed E-state index contributed by atoms with van der Waals surface area (Å²) in [6.45, 7) is 38.9. The van der Waals surface area contributed by atoms with Crippen molar-refractivity contribution in [1.29, 1.82) is 0 Å². The fourth-order valence-electron chi connectivity index (χ4n) is 10.5. The first-order valence-electron chi connectivity index (χ1n) is 33.4. The van der Waals surface area contributed by atoms with Gasteiger partial charge in [-0.1, -0.05) is 168 Å². The molecule has 17 nitrogen and oxygen atoms in total. The van der Waals surface area contributed by atoms with Gasteiger partial charge in [0.1, 0.15) is 24.7 Å². The highest BCUT2D eigenvalue weighted by Crippen LogP contribution is 2.44. The second-order valence-electron chi connectivity index (χ2n) is 27.7. The number of aryl methyl sites for hydroxylation is 2. The Hall–Kier alpha value is -6.67. The van der Waals surface area contributed by atoms with E-state index in [0.717, 1.165) is 81.6 Å². The predicted octanol–water partition coefficient (Wildman–Crippen LogP) is 14.0. The first-order valence-corrected chi connectivity index (χ1v) is 33.4. The summed E-state index contributed by atoms with van der Waals surface area (Å²) < 4.78 is 75.1. The largest absolute Gasteiger partial charge is 0.519 e. The third-order valence-electron chi connectivity index (χ3n) is 15.8. The summed E-state index contributed by atoms with van der Waals surface area (Å²) >= 11 is 0. The van der Waals surface area contributed by atoms with Gasteiger partial charge in [0.05, 0.1) is 104 Å². The van der Waals surface area contributed by atoms with Gasteiger partial charge in [0.25, 0.3) is 0 Å². The molecular weight excluding hydrogens is 1190 g/mol. The van der Waals surface area contributed by atoms with Crippen molar-refractivity contribution < 1.29 is 61.6 Å². The van der Waals surface area contributed by atoms with Crippen molar-refractivity contribution >= 4 is 6.16 Å². The highest BCUT2D eigenvalue weighted by atomic mass is 16.7. The van der Waals surface area contributed by atoms with E-state index in [4.69, 9.17) is 56.8 Å². The molecule has 4 aromatic carbocycles. The van der Waals surface area contributed by atoms with Crippen LogP contribution in [-0.4, -0.2) is 121 Å². The zero-order chi connectivity index (χ0) is 68.2. The normalized spacial score (nSPS) is 12.1. The summed E-state index contributed by atoms with van der Waals surface area (Å²) in [6, 6.07) is 31.3. The minimum absolute atomic E-state index is 0.138. The first-order chi connectivity index (χ1) is 44.8. The lowest BCUT2D eigenvalue weighted by Crippen LogP contribution is -2.26. The Balaban J connectivity index is 0.874. The van der Waals surface area contributed by atoms with Gasteiger partial charge in [0.2, 0.25) is 10.9 Å². The molecule has 0 N–H and O–H groups in total. The smallest absolute Gasteiger partial charge is 0.483 e. The average molecular weight is 1300 g/mol. The van der Waals surface area contributed by atoms with Gasteiger partial charge >= 0.3 is 6.16 Å². The number of pyridine rings is 2. The van der Waals surface area contributed by atoms with Crippen molar-refractivity contribution in [3.05, 3.63) is 186 Å². The van der Waals surface area contributed by atoms with Crippen LogP contribution >= 0.6 is 0 Å². The lowest BCUT2D eigenvalue weighted by molar-refractivity contribution is -0.00276. The molecule has 0 atom stereocenters. The number of benzene rings is 4. The molecule has 94 heavy (non-hydrogen) atoms. The molecule has 0 unspecified atom stereocenters. The third-order valence-corrected chi connectivity index (χ3v) is 15.8. The van der Waals surface area contributed by atoms with Gasteiger partial charge in [-0.3, -0.25) is 9.59 Å². The van der Waals surface area contributed by atoms with E-state index in [1.165, 1.54) is 12.1 Å². The number of nitrogens with zero attached hydrogens (tertiary/aromatic N) is 2. The van der Waals surface area contributed by atoms with Crippen LogP contribution in [-0.2, 0) is 98.7 Å². The standard InChI is InChI=1S/C77H108N2O15/c1-57-69(91-55-59-23-17-15-18-24-59)67(80)29-31-78(57)33-37-85-41-45-89-49-47-87-43-39-83-35-21-27-61-51-63(74(3,4)5)71(64(52-61)75(6,7)8)93-73(82)94-72-65(76(9,10)11)53-62(54-66(72)77(12,13)14)28-22-36-84-40-44-88-48-50-90-46-42-86-38-34-79-32-30-68(81)70(58(79)2)92-56-60-25-19-16-20-26-60/h15-20,23-26,29-32,51-54H,21-22,27-28,33-50,55-56H2,1-14H3. The molecule has 0 bridgehead atoms. The van der Waals surface area contributed by atoms with Crippen LogP contribution in [0.15, 0.2) is 119 Å². The molecule has 0 amide bonds. The molecule has 0 saturated heterocycles. The van der Waals surface area contributed by atoms with Crippen LogP contribution in [0.5, 0.6) is 23.0 Å². The fraction of sp³-hybridized carbons (Fsp3) is 0.545. The maximum Gasteiger partial charge on any atom is 0.519 e. The van der Waals surface area contributed by atoms with E-state index >= 15 is 0 Å². The predicted molar refractivity (Wildman–Crippen MR) is 370 cm³/mol. The summed E-state index contributed by atoms with van der Waals surface area (Å²) in [4.78, 5) is 39.4. The molecule has 0 saturated carbocycles. The minimum atomic E-state index is -0.766. The van der Waals surface area contributed by atoms with Gasteiger partial charge in [0.15, 0.2) is 11.5 Å². The Bertz CT molecular complexity index is 3060. The molecule has 2 heterocycles. The number of hydrogen-bond acceptors (Lipinski definition) is 15. The molecule has 0 fully saturated rings. The molecule has 6 aromatic rings. The number of hydrogen-bond donors (Lipinski definition) is 0. The molecule has 0 radical (unpaired) electrons. The van der Waals surface area contributed by atoms with Crippen molar-refractivity contribution in [3.8, 4) is 23.0 Å². The van der Waals surface area contributed by atoms with Crippen LogP contribution in [0.3, 0.4) is 0 Å². The van der Waals surface area contributed by atoms with Crippen LogP contribution in [0.2, 0.25) is 0 Å². The molecule has 0 aliphatic heterocycles. The number of carbonyl (C=O) groups is 1. The molecular formula is C77H108N2O15. The molecule has 0 aliphatic carbocycles. The average Bonchev–Trinajstić information content (AvgIpc) is 0.776. The van der Waals surface area contributed by atoms with Crippen LogP contribution in [0.25, 0.3) is 0 Å². The molecule has 0 aliphatic rings. The quantitative estimate of drug-likeness (QED) is 0.0202. The lowest BCUT2D eigenvalue weighted by Gasteiger charge is -2.31. The summed E-state index contributed by atoms with van der Waals surface area (Å²) in [5.74, 6) is 1.79. The Labute approximate surface area is 559 Å². The van der Waals surface area contributed by atoms with Gasteiger partial charge in [-0.15, -0.1) is 0 Å². The van der Waals surface area contributed by atoms with E-state index < -0.39 is 6.16 Å². The summed E-state index contributed by atoms with van der Waals surface area (Å²) in [5, 5.41) is 0. The van der Waals surface area contributed by atoms with Crippen molar-refractivity contribution in [2.75, 3.05) is 106 Å². The Morgan fingerprint density at radius 3 is 0.915 bits per heavy atom. The monoisotopic (exact) mass is 1300 g/mol. The van der Waals surface area contributed by atoms with Crippen LogP contribution in [0, 0.1) is 13.8 Å². The van der Waals surface area contributed by atoms with Gasteiger partial charge < -0.3 is 66.0 Å². The van der Waals surface area contributed by atoms with Gasteiger partial charge in [0, 0.05) is 73.1 Å². The molecule has 17 heteroatoms. The highest BCUT2D eigenvalue weighted by Gasteiger charge is 2.33. The Morgan fingerprint density at radius 1 is 0.351 bits per heavy atom. The summed E-state index contributed by atoms with van der Waals surface area (Å²) in [6.07, 6.45) is 5.96. The van der Waals surface area contributed by atoms with Gasteiger partial charge in [-0.05, 0) is 83.4 Å². The van der Waals surface area contributed by atoms with Gasteiger partial charge in [-0.2, -0.15) is 0 Å². The summed E-state index contributed by atoms with van der Waals surface area (Å²) in [7, 11) is 0. The maximum atomic E-state index is 14.4. The highest BCUT2D eigenvalue weighted by molar-refractivity contribution is 5.71. The second-order valence-corrected chi connectivity index (χ2v) is 27.7. The van der Waals surface area contributed by atoms with Gasteiger partial charge in [-0.25, -0.2) is 4.79 Å². The molecule has 0 spiro atoms. The van der Waals surface area contributed by atoms with Crippen molar-refractivity contribution in [1.82, 2.24) is 9.13 Å². The zero-order valence-electron chi connectivity index (χ0n) is 58.9. The number of aromatic nitrogens is 2. The molecule has 6 rings (SSSR count). The van der Waals surface area contributed by atoms with E-state index in [0.29, 0.717) is 155 Å².